The number of halogens is 3. The monoisotopic (exact) mass is 392 g/mol. The molecule has 0 unspecified atom stereocenters. The first-order chi connectivity index (χ1) is 8.43. The second-order valence-corrected chi connectivity index (χ2v) is 5.58. The highest BCUT2D eigenvalue weighted by Gasteiger charge is 2.14. The van der Waals surface area contributed by atoms with Crippen LogP contribution in [0.25, 0.3) is 5.69 Å². The lowest BCUT2D eigenvalue weighted by atomic mass is 10.3. The second kappa shape index (κ2) is 5.03. The van der Waals surface area contributed by atoms with Gasteiger partial charge in [0.15, 0.2) is 0 Å². The first-order valence-corrected chi connectivity index (χ1v) is 6.83. The van der Waals surface area contributed by atoms with Gasteiger partial charge in [0, 0.05) is 12.1 Å². The highest BCUT2D eigenvalue weighted by atomic mass is 79.9. The summed E-state index contributed by atoms with van der Waals surface area (Å²) in [5, 5.41) is 0.492. The second-order valence-electron chi connectivity index (χ2n) is 3.55. The number of aromatic nitrogens is 2. The highest BCUT2D eigenvalue weighted by molar-refractivity contribution is 9.13. The molecule has 0 spiro atoms. The zero-order valence-corrected chi connectivity index (χ0v) is 13.1. The molecule has 0 aliphatic rings. The normalized spacial score (nSPS) is 10.7. The van der Waals surface area contributed by atoms with Crippen molar-refractivity contribution in [1.82, 2.24) is 9.36 Å². The topological polar surface area (TPSA) is 44.0 Å². The van der Waals surface area contributed by atoms with E-state index < -0.39 is 0 Å². The summed E-state index contributed by atoms with van der Waals surface area (Å²) in [6.45, 7) is 0. The Hall–Kier alpha value is -0.850. The van der Waals surface area contributed by atoms with Gasteiger partial charge >= 0.3 is 0 Å². The van der Waals surface area contributed by atoms with E-state index >= 15 is 0 Å². The summed E-state index contributed by atoms with van der Waals surface area (Å²) >= 11 is 12.1. The van der Waals surface area contributed by atoms with Crippen molar-refractivity contribution < 1.29 is 0 Å². The Labute approximate surface area is 124 Å². The first kappa shape index (κ1) is 13.6. The van der Waals surface area contributed by atoms with Crippen LogP contribution in [0.5, 0.6) is 0 Å². The molecule has 0 fully saturated rings. The number of nitrogens with zero attached hydrogens (tertiary/aromatic N) is 2. The van der Waals surface area contributed by atoms with Gasteiger partial charge in [0.05, 0.1) is 5.69 Å². The van der Waals surface area contributed by atoms with Crippen LogP contribution in [0.1, 0.15) is 0 Å². The SMILES string of the molecule is Cn1c(=O)c(Br)c(Br)c(=O)n1-c1cccc(Cl)c1. The van der Waals surface area contributed by atoms with E-state index in [0.717, 1.165) is 0 Å². The minimum Gasteiger partial charge on any atom is -0.267 e. The summed E-state index contributed by atoms with van der Waals surface area (Å²) in [5.74, 6) is 0. The van der Waals surface area contributed by atoms with Crippen molar-refractivity contribution in [2.45, 2.75) is 0 Å². The highest BCUT2D eigenvalue weighted by Crippen LogP contribution is 2.17. The average Bonchev–Trinajstić information content (AvgIpc) is 2.34. The molecule has 18 heavy (non-hydrogen) atoms. The Morgan fingerprint density at radius 2 is 1.72 bits per heavy atom. The van der Waals surface area contributed by atoms with Crippen molar-refractivity contribution >= 4 is 43.5 Å². The van der Waals surface area contributed by atoms with Crippen LogP contribution in [-0.2, 0) is 7.05 Å². The summed E-state index contributed by atoms with van der Waals surface area (Å²) < 4.78 is 2.87. The lowest BCUT2D eigenvalue weighted by Crippen LogP contribution is -2.36. The van der Waals surface area contributed by atoms with Gasteiger partial charge in [-0.05, 0) is 50.1 Å². The number of benzene rings is 1. The Morgan fingerprint density at radius 1 is 1.11 bits per heavy atom. The maximum atomic E-state index is 12.2. The van der Waals surface area contributed by atoms with Crippen LogP contribution in [-0.4, -0.2) is 9.36 Å². The quantitative estimate of drug-likeness (QED) is 0.747. The Morgan fingerprint density at radius 3 is 2.33 bits per heavy atom. The summed E-state index contributed by atoms with van der Waals surface area (Å²) in [6.07, 6.45) is 0. The van der Waals surface area contributed by atoms with Crippen LogP contribution in [0.2, 0.25) is 5.02 Å². The van der Waals surface area contributed by atoms with Gasteiger partial charge in [-0.25, -0.2) is 9.36 Å². The zero-order chi connectivity index (χ0) is 13.4. The van der Waals surface area contributed by atoms with Gasteiger partial charge in [0.2, 0.25) is 0 Å². The summed E-state index contributed by atoms with van der Waals surface area (Å²) in [7, 11) is 1.52. The Bertz CT molecular complexity index is 737. The number of hydrogen-bond acceptors (Lipinski definition) is 2. The summed E-state index contributed by atoms with van der Waals surface area (Å²) in [6, 6.07) is 6.72. The molecule has 4 nitrogen and oxygen atoms in total. The molecule has 0 amide bonds. The molecule has 0 saturated heterocycles. The van der Waals surface area contributed by atoms with Gasteiger partial charge < -0.3 is 0 Å². The molecule has 0 N–H and O–H groups in total. The minimum absolute atomic E-state index is 0.186. The molecule has 2 aromatic rings. The molecule has 0 saturated carbocycles. The van der Waals surface area contributed by atoms with Crippen molar-refractivity contribution in [2.24, 2.45) is 7.05 Å². The lowest BCUT2D eigenvalue weighted by molar-refractivity contribution is 0.586. The van der Waals surface area contributed by atoms with Crippen LogP contribution in [0.3, 0.4) is 0 Å². The first-order valence-electron chi connectivity index (χ1n) is 4.86. The third kappa shape index (κ3) is 2.20. The van der Waals surface area contributed by atoms with Crippen molar-refractivity contribution in [2.75, 3.05) is 0 Å². The molecular weight excluding hydrogens is 387 g/mol. The predicted octanol–water partition coefficient (Wildman–Crippen LogP) is 2.71. The van der Waals surface area contributed by atoms with Crippen LogP contribution >= 0.6 is 43.5 Å². The van der Waals surface area contributed by atoms with Crippen LogP contribution in [0.4, 0.5) is 0 Å². The van der Waals surface area contributed by atoms with Gasteiger partial charge in [0.1, 0.15) is 8.95 Å². The van der Waals surface area contributed by atoms with Crippen molar-refractivity contribution in [3.63, 3.8) is 0 Å². The van der Waals surface area contributed by atoms with E-state index in [0.29, 0.717) is 10.7 Å². The van der Waals surface area contributed by atoms with Gasteiger partial charge in [-0.2, -0.15) is 0 Å². The standard InChI is InChI=1S/C11H7Br2ClN2O2/c1-15-10(17)8(12)9(13)11(18)16(15)7-4-2-3-6(14)5-7/h2-5H,1H3. The van der Waals surface area contributed by atoms with Crippen molar-refractivity contribution in [1.29, 1.82) is 0 Å². The Balaban J connectivity index is 2.89. The van der Waals surface area contributed by atoms with Crippen molar-refractivity contribution in [3.05, 3.63) is 58.9 Å². The third-order valence-corrected chi connectivity index (χ3v) is 4.65. The maximum Gasteiger partial charge on any atom is 0.285 e. The van der Waals surface area contributed by atoms with Gasteiger partial charge in [-0.3, -0.25) is 9.59 Å². The number of rotatable bonds is 1. The van der Waals surface area contributed by atoms with Crippen molar-refractivity contribution in [3.8, 4) is 5.69 Å². The lowest BCUT2D eigenvalue weighted by Gasteiger charge is -2.13. The zero-order valence-electron chi connectivity index (χ0n) is 9.15. The molecule has 0 atom stereocenters. The van der Waals surface area contributed by atoms with E-state index in [2.05, 4.69) is 31.9 Å². The summed E-state index contributed by atoms with van der Waals surface area (Å²) in [5.41, 5.74) is -0.131. The van der Waals surface area contributed by atoms with Gasteiger partial charge in [-0.1, -0.05) is 17.7 Å². The fourth-order valence-corrected chi connectivity index (χ4v) is 2.50. The predicted molar refractivity (Wildman–Crippen MR) is 77.7 cm³/mol. The Kier molecular flexibility index (Phi) is 3.79. The van der Waals surface area contributed by atoms with Crippen LogP contribution in [0.15, 0.2) is 42.8 Å². The molecule has 94 valence electrons. The molecule has 1 heterocycles. The van der Waals surface area contributed by atoms with E-state index in [9.17, 15) is 9.59 Å². The molecule has 1 aromatic heterocycles. The molecule has 0 aliphatic carbocycles. The largest absolute Gasteiger partial charge is 0.285 e. The minimum atomic E-state index is -0.341. The smallest absolute Gasteiger partial charge is 0.267 e. The molecule has 2 rings (SSSR count). The molecule has 0 bridgehead atoms. The molecular formula is C11H7Br2ClN2O2. The number of hydrogen-bond donors (Lipinski definition) is 0. The molecule has 7 heteroatoms. The molecule has 0 radical (unpaired) electrons. The van der Waals surface area contributed by atoms with Crippen LogP contribution < -0.4 is 11.1 Å². The van der Waals surface area contributed by atoms with Gasteiger partial charge in [0.25, 0.3) is 11.1 Å². The van der Waals surface area contributed by atoms with Gasteiger partial charge in [-0.15, -0.1) is 0 Å². The fourth-order valence-electron chi connectivity index (χ4n) is 1.55. The molecule has 0 aliphatic heterocycles. The molecule has 1 aromatic carbocycles. The fraction of sp³-hybridized carbons (Fsp3) is 0.0909. The van der Waals surface area contributed by atoms with E-state index in [1.54, 1.807) is 24.3 Å². The maximum absolute atomic E-state index is 12.2. The average molecular weight is 394 g/mol. The van der Waals surface area contributed by atoms with E-state index in [4.69, 9.17) is 11.6 Å². The van der Waals surface area contributed by atoms with E-state index in [-0.39, 0.29) is 20.1 Å². The van der Waals surface area contributed by atoms with E-state index in [1.807, 2.05) is 0 Å². The van der Waals surface area contributed by atoms with E-state index in [1.165, 1.54) is 16.4 Å². The summed E-state index contributed by atoms with van der Waals surface area (Å²) in [4.78, 5) is 24.1. The van der Waals surface area contributed by atoms with Crippen LogP contribution in [0, 0.1) is 0 Å². The third-order valence-electron chi connectivity index (χ3n) is 2.41.